The average molecular weight is 396 g/mol. The molecule has 30 heavy (non-hydrogen) atoms. The van der Waals surface area contributed by atoms with Crippen molar-refractivity contribution < 1.29 is 9.53 Å². The predicted molar refractivity (Wildman–Crippen MR) is 120 cm³/mol. The van der Waals surface area contributed by atoms with Crippen molar-refractivity contribution in [3.8, 4) is 11.8 Å². The molecular formula is C26H24N2O2. The summed E-state index contributed by atoms with van der Waals surface area (Å²) in [6.45, 7) is 4.52. The lowest BCUT2D eigenvalue weighted by Gasteiger charge is -2.10. The summed E-state index contributed by atoms with van der Waals surface area (Å²) >= 11 is 0. The van der Waals surface area contributed by atoms with Crippen molar-refractivity contribution in [2.45, 2.75) is 26.9 Å². The van der Waals surface area contributed by atoms with Crippen molar-refractivity contribution in [3.63, 3.8) is 0 Å². The standard InChI is InChI=1S/C26H24N2O2/c1-3-20-12-14-24(15-13-20)28-26(29)23(17-27)16-22-6-4-5-7-25(22)30-18-21-10-8-19(2)9-11-21/h4-16H,3,18H2,1-2H3,(H,28,29)/b23-16+. The molecule has 0 heterocycles. The van der Waals surface area contributed by atoms with Gasteiger partial charge in [0.2, 0.25) is 0 Å². The number of nitrogens with zero attached hydrogens (tertiary/aromatic N) is 1. The van der Waals surface area contributed by atoms with E-state index in [9.17, 15) is 10.1 Å². The maximum atomic E-state index is 12.6. The summed E-state index contributed by atoms with van der Waals surface area (Å²) in [6.07, 6.45) is 2.48. The maximum absolute atomic E-state index is 12.6. The van der Waals surface area contributed by atoms with E-state index in [1.54, 1.807) is 6.08 Å². The van der Waals surface area contributed by atoms with Gasteiger partial charge in [0.15, 0.2) is 0 Å². The zero-order valence-corrected chi connectivity index (χ0v) is 17.2. The Labute approximate surface area is 177 Å². The summed E-state index contributed by atoms with van der Waals surface area (Å²) in [5.41, 5.74) is 4.77. The van der Waals surface area contributed by atoms with Crippen molar-refractivity contribution in [1.29, 1.82) is 5.26 Å². The van der Waals surface area contributed by atoms with E-state index >= 15 is 0 Å². The molecule has 4 heteroatoms. The highest BCUT2D eigenvalue weighted by molar-refractivity contribution is 6.09. The lowest BCUT2D eigenvalue weighted by molar-refractivity contribution is -0.112. The zero-order valence-electron chi connectivity index (χ0n) is 17.2. The van der Waals surface area contributed by atoms with Gasteiger partial charge in [0.1, 0.15) is 24.0 Å². The smallest absolute Gasteiger partial charge is 0.266 e. The highest BCUT2D eigenvalue weighted by Gasteiger charge is 2.11. The van der Waals surface area contributed by atoms with Crippen LogP contribution in [0.25, 0.3) is 6.08 Å². The summed E-state index contributed by atoms with van der Waals surface area (Å²) in [5.74, 6) is 0.168. The third-order valence-corrected chi connectivity index (χ3v) is 4.72. The molecule has 0 saturated heterocycles. The first-order valence-corrected chi connectivity index (χ1v) is 9.88. The number of carbonyl (C=O) groups excluding carboxylic acids is 1. The Morgan fingerprint density at radius 2 is 1.67 bits per heavy atom. The number of amides is 1. The van der Waals surface area contributed by atoms with E-state index in [4.69, 9.17) is 4.74 Å². The van der Waals surface area contributed by atoms with Crippen LogP contribution in [0.1, 0.15) is 29.2 Å². The third kappa shape index (κ3) is 5.59. The molecular weight excluding hydrogens is 372 g/mol. The molecule has 0 spiro atoms. The van der Waals surface area contributed by atoms with E-state index in [-0.39, 0.29) is 5.57 Å². The Balaban J connectivity index is 1.75. The van der Waals surface area contributed by atoms with Gasteiger partial charge in [-0.2, -0.15) is 5.26 Å². The van der Waals surface area contributed by atoms with Gasteiger partial charge in [0.25, 0.3) is 5.91 Å². The van der Waals surface area contributed by atoms with E-state index in [1.165, 1.54) is 11.1 Å². The van der Waals surface area contributed by atoms with E-state index in [0.717, 1.165) is 12.0 Å². The summed E-state index contributed by atoms with van der Waals surface area (Å²) in [4.78, 5) is 12.6. The van der Waals surface area contributed by atoms with E-state index in [1.807, 2.05) is 85.8 Å². The molecule has 3 rings (SSSR count). The third-order valence-electron chi connectivity index (χ3n) is 4.72. The van der Waals surface area contributed by atoms with E-state index in [0.29, 0.717) is 23.6 Å². The van der Waals surface area contributed by atoms with Gasteiger partial charge in [0.05, 0.1) is 0 Å². The molecule has 0 aromatic heterocycles. The summed E-state index contributed by atoms with van der Waals surface area (Å²) in [5, 5.41) is 12.3. The second-order valence-electron chi connectivity index (χ2n) is 6.99. The van der Waals surface area contributed by atoms with Crippen molar-refractivity contribution in [3.05, 3.63) is 101 Å². The molecule has 0 aliphatic rings. The van der Waals surface area contributed by atoms with Crippen LogP contribution in [0.5, 0.6) is 5.75 Å². The molecule has 3 aromatic rings. The molecule has 1 amide bonds. The van der Waals surface area contributed by atoms with Crippen LogP contribution in [0.15, 0.2) is 78.4 Å². The summed E-state index contributed by atoms with van der Waals surface area (Å²) in [6, 6.07) is 25.1. The van der Waals surface area contributed by atoms with Gasteiger partial charge in [-0.15, -0.1) is 0 Å². The number of benzene rings is 3. The lowest BCUT2D eigenvalue weighted by atomic mass is 10.1. The minimum absolute atomic E-state index is 0.0148. The van der Waals surface area contributed by atoms with Crippen LogP contribution < -0.4 is 10.1 Å². The zero-order chi connectivity index (χ0) is 21.3. The first kappa shape index (κ1) is 20.9. The van der Waals surface area contributed by atoms with Gasteiger partial charge >= 0.3 is 0 Å². The number of hydrogen-bond donors (Lipinski definition) is 1. The topological polar surface area (TPSA) is 62.1 Å². The number of nitriles is 1. The lowest BCUT2D eigenvalue weighted by Crippen LogP contribution is -2.13. The number of ether oxygens (including phenoxy) is 1. The minimum Gasteiger partial charge on any atom is -0.488 e. The van der Waals surface area contributed by atoms with Gasteiger partial charge in [-0.3, -0.25) is 4.79 Å². The van der Waals surface area contributed by atoms with Crippen molar-refractivity contribution in [2.24, 2.45) is 0 Å². The molecule has 150 valence electrons. The number of aryl methyl sites for hydroxylation is 2. The maximum Gasteiger partial charge on any atom is 0.266 e. The van der Waals surface area contributed by atoms with Crippen molar-refractivity contribution >= 4 is 17.7 Å². The first-order valence-electron chi connectivity index (χ1n) is 9.88. The van der Waals surface area contributed by atoms with Gasteiger partial charge in [0, 0.05) is 11.3 Å². The van der Waals surface area contributed by atoms with Crippen LogP contribution in [0, 0.1) is 18.3 Å². The number of carbonyl (C=O) groups is 1. The van der Waals surface area contributed by atoms with Crippen LogP contribution in [-0.2, 0) is 17.8 Å². The van der Waals surface area contributed by atoms with Crippen LogP contribution in [-0.4, -0.2) is 5.91 Å². The number of anilines is 1. The highest BCUT2D eigenvalue weighted by atomic mass is 16.5. The summed E-state index contributed by atoms with van der Waals surface area (Å²) < 4.78 is 5.95. The molecule has 0 fully saturated rings. The van der Waals surface area contributed by atoms with Crippen molar-refractivity contribution in [2.75, 3.05) is 5.32 Å². The Hall–Kier alpha value is -3.84. The van der Waals surface area contributed by atoms with Crippen LogP contribution >= 0.6 is 0 Å². The van der Waals surface area contributed by atoms with E-state index in [2.05, 4.69) is 12.2 Å². The molecule has 0 saturated carbocycles. The van der Waals surface area contributed by atoms with Gasteiger partial charge in [-0.1, -0.05) is 67.1 Å². The quantitative estimate of drug-likeness (QED) is 0.413. The fraction of sp³-hybridized carbons (Fsp3) is 0.154. The molecule has 0 radical (unpaired) electrons. The van der Waals surface area contributed by atoms with Crippen LogP contribution in [0.3, 0.4) is 0 Å². The Bertz CT molecular complexity index is 1080. The Morgan fingerprint density at radius 3 is 2.33 bits per heavy atom. The first-order chi connectivity index (χ1) is 14.6. The second kappa shape index (κ2) is 10.1. The van der Waals surface area contributed by atoms with Gasteiger partial charge in [-0.05, 0) is 48.7 Å². The average Bonchev–Trinajstić information content (AvgIpc) is 2.78. The molecule has 4 nitrogen and oxygen atoms in total. The summed E-state index contributed by atoms with van der Waals surface area (Å²) in [7, 11) is 0. The normalized spacial score (nSPS) is 10.9. The number of nitrogens with one attached hydrogen (secondary N) is 1. The SMILES string of the molecule is CCc1ccc(NC(=O)/C(C#N)=C/c2ccccc2OCc2ccc(C)cc2)cc1. The molecule has 0 unspecified atom stereocenters. The van der Waals surface area contributed by atoms with E-state index < -0.39 is 5.91 Å². The minimum atomic E-state index is -0.449. The fourth-order valence-corrected chi connectivity index (χ4v) is 2.90. The number of rotatable bonds is 7. The molecule has 0 bridgehead atoms. The monoisotopic (exact) mass is 396 g/mol. The highest BCUT2D eigenvalue weighted by Crippen LogP contribution is 2.23. The largest absolute Gasteiger partial charge is 0.488 e. The molecule has 3 aromatic carbocycles. The number of hydrogen-bond acceptors (Lipinski definition) is 3. The Morgan fingerprint density at radius 1 is 1.00 bits per heavy atom. The van der Waals surface area contributed by atoms with Crippen LogP contribution in [0.2, 0.25) is 0 Å². The van der Waals surface area contributed by atoms with Crippen LogP contribution in [0.4, 0.5) is 5.69 Å². The Kier molecular flexibility index (Phi) is 7.02. The fourth-order valence-electron chi connectivity index (χ4n) is 2.90. The van der Waals surface area contributed by atoms with Crippen molar-refractivity contribution in [1.82, 2.24) is 0 Å². The van der Waals surface area contributed by atoms with Gasteiger partial charge in [-0.25, -0.2) is 0 Å². The second-order valence-corrected chi connectivity index (χ2v) is 6.99. The number of para-hydroxylation sites is 1. The molecule has 0 aliphatic carbocycles. The van der Waals surface area contributed by atoms with Gasteiger partial charge < -0.3 is 10.1 Å². The molecule has 1 N–H and O–H groups in total. The molecule has 0 atom stereocenters. The molecule has 0 aliphatic heterocycles. The predicted octanol–water partition coefficient (Wildman–Crippen LogP) is 5.68.